The summed E-state index contributed by atoms with van der Waals surface area (Å²) >= 11 is 0. The van der Waals surface area contributed by atoms with Crippen LogP contribution in [0.3, 0.4) is 0 Å². The van der Waals surface area contributed by atoms with Crippen LogP contribution >= 0.6 is 0 Å². The van der Waals surface area contributed by atoms with E-state index in [1.54, 1.807) is 0 Å². The molecule has 0 fully saturated rings. The van der Waals surface area contributed by atoms with Crippen molar-refractivity contribution in [1.82, 2.24) is 0 Å². The first-order valence-corrected chi connectivity index (χ1v) is 5.92. The Morgan fingerprint density at radius 1 is 1.18 bits per heavy atom. The van der Waals surface area contributed by atoms with E-state index in [0.29, 0.717) is 25.8 Å². The molecule has 6 heteroatoms. The lowest BCUT2D eigenvalue weighted by Crippen LogP contribution is -2.32. The molecule has 1 atom stereocenters. The molecule has 0 aromatic heterocycles. The number of nitrogens with two attached hydrogens (primary N) is 2. The summed E-state index contributed by atoms with van der Waals surface area (Å²) in [5, 5.41) is 8.39. The Morgan fingerprint density at radius 3 is 2.47 bits per heavy atom. The second kappa shape index (κ2) is 10.0. The largest absolute Gasteiger partial charge is 0.481 e. The van der Waals surface area contributed by atoms with Crippen molar-refractivity contribution in [3.63, 3.8) is 0 Å². The number of rotatable bonds is 10. The van der Waals surface area contributed by atoms with E-state index < -0.39 is 18.0 Å². The molecule has 0 aromatic carbocycles. The summed E-state index contributed by atoms with van der Waals surface area (Å²) < 4.78 is 4.93. The van der Waals surface area contributed by atoms with Crippen LogP contribution in [0.5, 0.6) is 0 Å². The van der Waals surface area contributed by atoms with E-state index in [4.69, 9.17) is 21.3 Å². The Labute approximate surface area is 101 Å². The molecule has 0 spiro atoms. The van der Waals surface area contributed by atoms with Crippen LogP contribution in [0, 0.1) is 0 Å². The number of aliphatic carboxylic acids is 1. The summed E-state index contributed by atoms with van der Waals surface area (Å²) in [6.45, 7) is 0.827. The lowest BCUT2D eigenvalue weighted by molar-refractivity contribution is -0.145. The summed E-state index contributed by atoms with van der Waals surface area (Å²) in [4.78, 5) is 21.6. The zero-order chi connectivity index (χ0) is 13.1. The van der Waals surface area contributed by atoms with E-state index in [0.717, 1.165) is 12.8 Å². The Bertz CT molecular complexity index is 234. The SMILES string of the molecule is NCCCC[C@H](N)C(=O)OCCCCC(=O)O. The van der Waals surface area contributed by atoms with Crippen LogP contribution in [0.1, 0.15) is 38.5 Å². The average molecular weight is 246 g/mol. The number of esters is 1. The Morgan fingerprint density at radius 2 is 1.88 bits per heavy atom. The van der Waals surface area contributed by atoms with Crippen molar-refractivity contribution in [2.75, 3.05) is 13.2 Å². The van der Waals surface area contributed by atoms with Gasteiger partial charge in [0.1, 0.15) is 6.04 Å². The average Bonchev–Trinajstić information content (AvgIpc) is 2.28. The molecule has 0 aliphatic heterocycles. The van der Waals surface area contributed by atoms with Gasteiger partial charge >= 0.3 is 11.9 Å². The highest BCUT2D eigenvalue weighted by atomic mass is 16.5. The van der Waals surface area contributed by atoms with Crippen LogP contribution in [0.4, 0.5) is 0 Å². The first-order chi connectivity index (χ1) is 8.07. The third kappa shape index (κ3) is 9.77. The zero-order valence-electron chi connectivity index (χ0n) is 10.1. The lowest BCUT2D eigenvalue weighted by atomic mass is 10.1. The minimum Gasteiger partial charge on any atom is -0.481 e. The van der Waals surface area contributed by atoms with Crippen LogP contribution in [-0.4, -0.2) is 36.2 Å². The number of hydrogen-bond donors (Lipinski definition) is 3. The predicted octanol–water partition coefficient (Wildman–Crippen LogP) is 0.241. The monoisotopic (exact) mass is 246 g/mol. The minimum atomic E-state index is -0.838. The fraction of sp³-hybridized carbons (Fsp3) is 0.818. The second-order valence-electron chi connectivity index (χ2n) is 3.91. The molecule has 5 N–H and O–H groups in total. The van der Waals surface area contributed by atoms with Gasteiger partial charge in [-0.25, -0.2) is 0 Å². The summed E-state index contributed by atoms with van der Waals surface area (Å²) in [5.41, 5.74) is 10.9. The smallest absolute Gasteiger partial charge is 0.322 e. The van der Waals surface area contributed by atoms with Gasteiger partial charge in [0.2, 0.25) is 0 Å². The first-order valence-electron chi connectivity index (χ1n) is 5.92. The number of carbonyl (C=O) groups excluding carboxylic acids is 1. The van der Waals surface area contributed by atoms with Crippen molar-refractivity contribution < 1.29 is 19.4 Å². The van der Waals surface area contributed by atoms with E-state index in [1.807, 2.05) is 0 Å². The van der Waals surface area contributed by atoms with Gasteiger partial charge in [-0.3, -0.25) is 9.59 Å². The van der Waals surface area contributed by atoms with Gasteiger partial charge in [-0.2, -0.15) is 0 Å². The molecule has 0 bridgehead atoms. The fourth-order valence-electron chi connectivity index (χ4n) is 1.28. The molecule has 0 amide bonds. The van der Waals surface area contributed by atoms with Gasteiger partial charge in [-0.05, 0) is 32.2 Å². The van der Waals surface area contributed by atoms with Crippen molar-refractivity contribution in [2.24, 2.45) is 11.5 Å². The molecule has 0 aliphatic carbocycles. The number of hydrogen-bond acceptors (Lipinski definition) is 5. The number of carbonyl (C=O) groups is 2. The summed E-state index contributed by atoms with van der Waals surface area (Å²) in [7, 11) is 0. The fourth-order valence-corrected chi connectivity index (χ4v) is 1.28. The molecular weight excluding hydrogens is 224 g/mol. The minimum absolute atomic E-state index is 0.0973. The standard InChI is InChI=1S/C11H22N2O4/c12-7-3-1-5-9(13)11(16)17-8-4-2-6-10(14)15/h9H,1-8,12-13H2,(H,14,15)/t9-/m0/s1. The van der Waals surface area contributed by atoms with E-state index in [9.17, 15) is 9.59 Å². The predicted molar refractivity (Wildman–Crippen MR) is 63.3 cm³/mol. The summed E-state index contributed by atoms with van der Waals surface area (Å²) in [6, 6.07) is -0.596. The maximum atomic E-state index is 11.3. The zero-order valence-corrected chi connectivity index (χ0v) is 10.1. The number of ether oxygens (including phenoxy) is 1. The van der Waals surface area contributed by atoms with Gasteiger partial charge in [0.15, 0.2) is 0 Å². The summed E-state index contributed by atoms with van der Waals surface area (Å²) in [6.07, 6.45) is 3.38. The molecule has 0 saturated heterocycles. The van der Waals surface area contributed by atoms with E-state index in [1.165, 1.54) is 0 Å². The van der Waals surface area contributed by atoms with Gasteiger partial charge in [-0.15, -0.1) is 0 Å². The molecule has 0 heterocycles. The molecule has 100 valence electrons. The van der Waals surface area contributed by atoms with E-state index in [-0.39, 0.29) is 13.0 Å². The third-order valence-corrected chi connectivity index (χ3v) is 2.30. The van der Waals surface area contributed by atoms with Crippen LogP contribution < -0.4 is 11.5 Å². The normalized spacial score (nSPS) is 12.1. The molecule has 0 radical (unpaired) electrons. The van der Waals surface area contributed by atoms with E-state index in [2.05, 4.69) is 0 Å². The molecule has 17 heavy (non-hydrogen) atoms. The molecule has 0 aliphatic rings. The quantitative estimate of drug-likeness (QED) is 0.375. The van der Waals surface area contributed by atoms with Crippen molar-refractivity contribution in [3.8, 4) is 0 Å². The van der Waals surface area contributed by atoms with Crippen molar-refractivity contribution >= 4 is 11.9 Å². The van der Waals surface area contributed by atoms with Crippen LogP contribution in [-0.2, 0) is 14.3 Å². The molecule has 0 unspecified atom stereocenters. The third-order valence-electron chi connectivity index (χ3n) is 2.30. The van der Waals surface area contributed by atoms with Gasteiger partial charge in [0.05, 0.1) is 6.61 Å². The molecular formula is C11H22N2O4. The van der Waals surface area contributed by atoms with Gasteiger partial charge < -0.3 is 21.3 Å². The Balaban J connectivity index is 3.47. The van der Waals surface area contributed by atoms with E-state index >= 15 is 0 Å². The van der Waals surface area contributed by atoms with Crippen LogP contribution in [0.2, 0.25) is 0 Å². The van der Waals surface area contributed by atoms with Crippen molar-refractivity contribution in [2.45, 2.75) is 44.6 Å². The highest BCUT2D eigenvalue weighted by Crippen LogP contribution is 2.01. The van der Waals surface area contributed by atoms with Crippen molar-refractivity contribution in [1.29, 1.82) is 0 Å². The van der Waals surface area contributed by atoms with Crippen LogP contribution in [0.25, 0.3) is 0 Å². The molecule has 6 nitrogen and oxygen atoms in total. The highest BCUT2D eigenvalue weighted by molar-refractivity contribution is 5.75. The second-order valence-corrected chi connectivity index (χ2v) is 3.91. The topological polar surface area (TPSA) is 116 Å². The lowest BCUT2D eigenvalue weighted by Gasteiger charge is -2.10. The first kappa shape index (κ1) is 15.9. The Kier molecular flexibility index (Phi) is 9.37. The maximum Gasteiger partial charge on any atom is 0.322 e. The number of carboxylic acids is 1. The van der Waals surface area contributed by atoms with Crippen LogP contribution in [0.15, 0.2) is 0 Å². The number of unbranched alkanes of at least 4 members (excludes halogenated alkanes) is 2. The highest BCUT2D eigenvalue weighted by Gasteiger charge is 2.13. The molecule has 0 saturated carbocycles. The molecule has 0 aromatic rings. The maximum absolute atomic E-state index is 11.3. The molecule has 0 rings (SSSR count). The van der Waals surface area contributed by atoms with Gasteiger partial charge in [-0.1, -0.05) is 6.42 Å². The Hall–Kier alpha value is -1.14. The van der Waals surface area contributed by atoms with Crippen molar-refractivity contribution in [3.05, 3.63) is 0 Å². The van der Waals surface area contributed by atoms with Gasteiger partial charge in [0, 0.05) is 6.42 Å². The van der Waals surface area contributed by atoms with Gasteiger partial charge in [0.25, 0.3) is 0 Å². The summed E-state index contributed by atoms with van der Waals surface area (Å²) in [5.74, 6) is -1.26. The number of carboxylic acid groups (broad SMARTS) is 1.